The molecule has 0 aliphatic carbocycles. The molecule has 3 rings (SSSR count). The Labute approximate surface area is 140 Å². The molecule has 0 saturated carbocycles. The van der Waals surface area contributed by atoms with Crippen LogP contribution in [0.5, 0.6) is 5.75 Å². The minimum atomic E-state index is -0.202. The van der Waals surface area contributed by atoms with Gasteiger partial charge < -0.3 is 14.9 Å². The van der Waals surface area contributed by atoms with Crippen LogP contribution < -0.4 is 0 Å². The number of nitrogens with zero attached hydrogens (tertiary/aromatic N) is 3. The Kier molecular flexibility index (Phi) is 4.74. The average molecular weight is 325 g/mol. The maximum Gasteiger partial charge on any atom is 0.257 e. The lowest BCUT2D eigenvalue weighted by Crippen LogP contribution is -2.37. The number of para-hydroxylation sites is 1. The smallest absolute Gasteiger partial charge is 0.257 e. The van der Waals surface area contributed by atoms with Gasteiger partial charge in [-0.25, -0.2) is 0 Å². The number of phenols is 1. The van der Waals surface area contributed by atoms with Gasteiger partial charge in [-0.3, -0.25) is 14.6 Å². The second kappa shape index (κ2) is 7.12. The third-order valence-corrected chi connectivity index (χ3v) is 4.13. The van der Waals surface area contributed by atoms with Gasteiger partial charge in [-0.15, -0.1) is 0 Å². The van der Waals surface area contributed by atoms with E-state index in [1.54, 1.807) is 52.5 Å². The number of hydrogen-bond donors (Lipinski definition) is 1. The molecule has 1 N–H and O–H groups in total. The predicted octanol–water partition coefficient (Wildman–Crippen LogP) is 1.78. The molecule has 0 bridgehead atoms. The van der Waals surface area contributed by atoms with E-state index < -0.39 is 0 Å². The molecule has 0 unspecified atom stereocenters. The summed E-state index contributed by atoms with van der Waals surface area (Å²) in [6, 6.07) is 9.91. The van der Waals surface area contributed by atoms with Gasteiger partial charge in [0, 0.05) is 44.1 Å². The van der Waals surface area contributed by atoms with Crippen LogP contribution in [-0.2, 0) is 0 Å². The van der Waals surface area contributed by atoms with Crippen LogP contribution in [0.25, 0.3) is 0 Å². The van der Waals surface area contributed by atoms with Gasteiger partial charge >= 0.3 is 0 Å². The highest BCUT2D eigenvalue weighted by Gasteiger charge is 2.24. The van der Waals surface area contributed by atoms with Crippen LogP contribution in [0.15, 0.2) is 48.8 Å². The molecule has 124 valence electrons. The number of hydrogen-bond acceptors (Lipinski definition) is 4. The summed E-state index contributed by atoms with van der Waals surface area (Å²) < 4.78 is 0. The first-order valence-electron chi connectivity index (χ1n) is 7.93. The highest BCUT2D eigenvalue weighted by atomic mass is 16.3. The zero-order valence-corrected chi connectivity index (χ0v) is 13.3. The molecule has 24 heavy (non-hydrogen) atoms. The Bertz CT molecular complexity index is 733. The van der Waals surface area contributed by atoms with Crippen LogP contribution in [0.1, 0.15) is 27.1 Å². The Morgan fingerprint density at radius 2 is 1.50 bits per heavy atom. The number of carbonyl (C=O) groups excluding carboxylic acids is 2. The van der Waals surface area contributed by atoms with Gasteiger partial charge in [0.15, 0.2) is 0 Å². The quantitative estimate of drug-likeness (QED) is 0.913. The fourth-order valence-electron chi connectivity index (χ4n) is 2.83. The third-order valence-electron chi connectivity index (χ3n) is 4.13. The van der Waals surface area contributed by atoms with Gasteiger partial charge in [0.05, 0.1) is 5.56 Å². The summed E-state index contributed by atoms with van der Waals surface area (Å²) >= 11 is 0. The van der Waals surface area contributed by atoms with Crippen molar-refractivity contribution in [3.63, 3.8) is 0 Å². The molecule has 0 spiro atoms. The third kappa shape index (κ3) is 3.37. The van der Waals surface area contributed by atoms with Crippen molar-refractivity contribution >= 4 is 11.8 Å². The molecule has 2 heterocycles. The fourth-order valence-corrected chi connectivity index (χ4v) is 2.83. The van der Waals surface area contributed by atoms with Crippen molar-refractivity contribution in [3.05, 3.63) is 59.9 Å². The molecule has 1 fully saturated rings. The Morgan fingerprint density at radius 1 is 0.875 bits per heavy atom. The second-order valence-corrected chi connectivity index (χ2v) is 5.69. The summed E-state index contributed by atoms with van der Waals surface area (Å²) in [6.45, 7) is 2.09. The molecule has 1 aliphatic rings. The lowest BCUT2D eigenvalue weighted by molar-refractivity contribution is 0.0717. The number of carbonyl (C=O) groups is 2. The lowest BCUT2D eigenvalue weighted by atomic mass is 10.1. The predicted molar refractivity (Wildman–Crippen MR) is 88.8 cm³/mol. The van der Waals surface area contributed by atoms with Gasteiger partial charge in [0.2, 0.25) is 0 Å². The molecule has 6 heteroatoms. The molecule has 1 aromatic heterocycles. The monoisotopic (exact) mass is 325 g/mol. The van der Waals surface area contributed by atoms with Crippen LogP contribution >= 0.6 is 0 Å². The minimum absolute atomic E-state index is 0.0172. The van der Waals surface area contributed by atoms with E-state index in [-0.39, 0.29) is 17.6 Å². The largest absolute Gasteiger partial charge is 0.507 e. The zero-order valence-electron chi connectivity index (χ0n) is 13.3. The Hall–Kier alpha value is -2.89. The van der Waals surface area contributed by atoms with E-state index in [4.69, 9.17) is 0 Å². The summed E-state index contributed by atoms with van der Waals surface area (Å²) in [4.78, 5) is 32.4. The Morgan fingerprint density at radius 3 is 2.17 bits per heavy atom. The van der Waals surface area contributed by atoms with Gasteiger partial charge in [0.25, 0.3) is 11.8 Å². The summed E-state index contributed by atoms with van der Waals surface area (Å²) in [6.07, 6.45) is 3.90. The highest BCUT2D eigenvalue weighted by molar-refractivity contribution is 5.97. The summed E-state index contributed by atoms with van der Waals surface area (Å²) in [5.41, 5.74) is 0.900. The van der Waals surface area contributed by atoms with E-state index in [9.17, 15) is 14.7 Å². The number of amides is 2. The lowest BCUT2D eigenvalue weighted by Gasteiger charge is -2.22. The maximum absolute atomic E-state index is 12.6. The van der Waals surface area contributed by atoms with Crippen molar-refractivity contribution < 1.29 is 14.7 Å². The first-order chi connectivity index (χ1) is 11.7. The van der Waals surface area contributed by atoms with Gasteiger partial charge in [0.1, 0.15) is 5.75 Å². The zero-order chi connectivity index (χ0) is 16.9. The SMILES string of the molecule is O=C(c1ccncc1)N1CCCN(C(=O)c2ccccc2O)CC1. The average Bonchev–Trinajstić information content (AvgIpc) is 2.88. The van der Waals surface area contributed by atoms with Crippen LogP contribution in [0.3, 0.4) is 0 Å². The number of pyridine rings is 1. The van der Waals surface area contributed by atoms with Crippen molar-refractivity contribution in [2.24, 2.45) is 0 Å². The van der Waals surface area contributed by atoms with Gasteiger partial charge in [-0.1, -0.05) is 12.1 Å². The topological polar surface area (TPSA) is 73.7 Å². The molecule has 1 aliphatic heterocycles. The van der Waals surface area contributed by atoms with Crippen molar-refractivity contribution in [2.75, 3.05) is 26.2 Å². The normalized spacial score (nSPS) is 15.0. The number of benzene rings is 1. The van der Waals surface area contributed by atoms with Crippen molar-refractivity contribution in [1.82, 2.24) is 14.8 Å². The van der Waals surface area contributed by atoms with Crippen LogP contribution in [0.2, 0.25) is 0 Å². The van der Waals surface area contributed by atoms with E-state index >= 15 is 0 Å². The molecular weight excluding hydrogens is 306 g/mol. The maximum atomic E-state index is 12.6. The fraction of sp³-hybridized carbons (Fsp3) is 0.278. The van der Waals surface area contributed by atoms with E-state index in [1.165, 1.54) is 6.07 Å². The van der Waals surface area contributed by atoms with E-state index in [0.717, 1.165) is 0 Å². The van der Waals surface area contributed by atoms with E-state index in [0.29, 0.717) is 43.7 Å². The summed E-state index contributed by atoms with van der Waals surface area (Å²) in [5, 5.41) is 9.85. The number of phenolic OH excluding ortho intramolecular Hbond substituents is 1. The van der Waals surface area contributed by atoms with Crippen LogP contribution in [-0.4, -0.2) is 57.9 Å². The van der Waals surface area contributed by atoms with E-state index in [1.807, 2.05) is 0 Å². The molecule has 1 aromatic carbocycles. The highest BCUT2D eigenvalue weighted by Crippen LogP contribution is 2.19. The molecule has 0 radical (unpaired) electrons. The second-order valence-electron chi connectivity index (χ2n) is 5.69. The first-order valence-corrected chi connectivity index (χ1v) is 7.93. The number of rotatable bonds is 2. The summed E-state index contributed by atoms with van der Waals surface area (Å²) in [7, 11) is 0. The molecule has 6 nitrogen and oxygen atoms in total. The van der Waals surface area contributed by atoms with Crippen LogP contribution in [0, 0.1) is 0 Å². The molecule has 2 amide bonds. The van der Waals surface area contributed by atoms with Crippen molar-refractivity contribution in [1.29, 1.82) is 0 Å². The van der Waals surface area contributed by atoms with Crippen molar-refractivity contribution in [2.45, 2.75) is 6.42 Å². The molecular formula is C18H19N3O3. The molecule has 2 aromatic rings. The minimum Gasteiger partial charge on any atom is -0.507 e. The number of aromatic hydroxyl groups is 1. The Balaban J connectivity index is 1.68. The van der Waals surface area contributed by atoms with Crippen molar-refractivity contribution in [3.8, 4) is 5.75 Å². The standard InChI is InChI=1S/C18H19N3O3/c22-16-5-2-1-4-15(16)18(24)21-11-3-10-20(12-13-21)17(23)14-6-8-19-9-7-14/h1-2,4-9,22H,3,10-13H2. The molecule has 1 saturated heterocycles. The number of aromatic nitrogens is 1. The van der Waals surface area contributed by atoms with Crippen LogP contribution in [0.4, 0.5) is 0 Å². The molecule has 0 atom stereocenters. The van der Waals surface area contributed by atoms with E-state index in [2.05, 4.69) is 4.98 Å². The first kappa shape index (κ1) is 16.0. The van der Waals surface area contributed by atoms with Gasteiger partial charge in [-0.2, -0.15) is 0 Å². The van der Waals surface area contributed by atoms with Gasteiger partial charge in [-0.05, 0) is 30.7 Å². The summed E-state index contributed by atoms with van der Waals surface area (Å²) in [5.74, 6) is -0.267.